The van der Waals surface area contributed by atoms with Crippen molar-refractivity contribution in [1.82, 2.24) is 9.21 Å². The van der Waals surface area contributed by atoms with Crippen molar-refractivity contribution in [3.8, 4) is 0 Å². The number of esters is 1. The first kappa shape index (κ1) is 19.5. The number of ether oxygens (including phenoxy) is 1. The number of benzene rings is 2. The lowest BCUT2D eigenvalue weighted by Crippen LogP contribution is -2.48. The SMILES string of the molecule is COC(=O)c1cccc(S(=O)(=O)N2CCN(Cc3ccccc3C)CC2)c1. The summed E-state index contributed by atoms with van der Waals surface area (Å²) in [5.41, 5.74) is 2.74. The average Bonchev–Trinajstić information content (AvgIpc) is 2.69. The molecule has 1 heterocycles. The Balaban J connectivity index is 1.68. The Kier molecular flexibility index (Phi) is 5.94. The molecule has 1 saturated heterocycles. The molecule has 7 heteroatoms. The van der Waals surface area contributed by atoms with Crippen molar-refractivity contribution in [3.05, 3.63) is 65.2 Å². The van der Waals surface area contributed by atoms with Crippen LogP contribution in [0.2, 0.25) is 0 Å². The van der Waals surface area contributed by atoms with E-state index < -0.39 is 16.0 Å². The highest BCUT2D eigenvalue weighted by Gasteiger charge is 2.29. The van der Waals surface area contributed by atoms with Gasteiger partial charge >= 0.3 is 5.97 Å². The van der Waals surface area contributed by atoms with E-state index in [9.17, 15) is 13.2 Å². The number of nitrogens with zero attached hydrogens (tertiary/aromatic N) is 2. The lowest BCUT2D eigenvalue weighted by molar-refractivity contribution is 0.0600. The Morgan fingerprint density at radius 2 is 1.74 bits per heavy atom. The molecular formula is C20H24N2O4S. The molecule has 3 rings (SSSR count). The van der Waals surface area contributed by atoms with Crippen LogP contribution in [0.25, 0.3) is 0 Å². The van der Waals surface area contributed by atoms with Gasteiger partial charge in [-0.15, -0.1) is 0 Å². The monoisotopic (exact) mass is 388 g/mol. The Labute approximate surface area is 160 Å². The van der Waals surface area contributed by atoms with Crippen LogP contribution in [0.3, 0.4) is 0 Å². The number of carbonyl (C=O) groups excluding carboxylic acids is 1. The molecule has 2 aromatic carbocycles. The third kappa shape index (κ3) is 4.37. The first-order valence-electron chi connectivity index (χ1n) is 8.87. The lowest BCUT2D eigenvalue weighted by atomic mass is 10.1. The zero-order valence-corrected chi connectivity index (χ0v) is 16.4. The van der Waals surface area contributed by atoms with E-state index in [1.807, 2.05) is 12.1 Å². The summed E-state index contributed by atoms with van der Waals surface area (Å²) in [7, 11) is -2.36. The highest BCUT2D eigenvalue weighted by Crippen LogP contribution is 2.20. The van der Waals surface area contributed by atoms with Crippen LogP contribution in [0, 0.1) is 6.92 Å². The highest BCUT2D eigenvalue weighted by molar-refractivity contribution is 7.89. The molecule has 1 aliphatic heterocycles. The molecule has 0 amide bonds. The van der Waals surface area contributed by atoms with E-state index >= 15 is 0 Å². The first-order valence-corrected chi connectivity index (χ1v) is 10.3. The second-order valence-corrected chi connectivity index (χ2v) is 8.56. The topological polar surface area (TPSA) is 66.9 Å². The van der Waals surface area contributed by atoms with Crippen LogP contribution in [0.15, 0.2) is 53.4 Å². The van der Waals surface area contributed by atoms with Gasteiger partial charge in [0.1, 0.15) is 0 Å². The molecular weight excluding hydrogens is 364 g/mol. The predicted molar refractivity (Wildman–Crippen MR) is 103 cm³/mol. The van der Waals surface area contributed by atoms with Gasteiger partial charge in [-0.1, -0.05) is 30.3 Å². The number of methoxy groups -OCH3 is 1. The van der Waals surface area contributed by atoms with Crippen LogP contribution in [-0.4, -0.2) is 56.9 Å². The van der Waals surface area contributed by atoms with Crippen LogP contribution in [0.1, 0.15) is 21.5 Å². The number of rotatable bonds is 5. The second-order valence-electron chi connectivity index (χ2n) is 6.63. The summed E-state index contributed by atoms with van der Waals surface area (Å²) in [6.07, 6.45) is 0. The predicted octanol–water partition coefficient (Wildman–Crippen LogP) is 2.29. The largest absolute Gasteiger partial charge is 0.465 e. The molecule has 0 saturated carbocycles. The number of sulfonamides is 1. The summed E-state index contributed by atoms with van der Waals surface area (Å²) >= 11 is 0. The van der Waals surface area contributed by atoms with Crippen molar-refractivity contribution in [3.63, 3.8) is 0 Å². The van der Waals surface area contributed by atoms with Gasteiger partial charge in [-0.2, -0.15) is 4.31 Å². The van der Waals surface area contributed by atoms with Crippen LogP contribution < -0.4 is 0 Å². The Morgan fingerprint density at radius 1 is 1.04 bits per heavy atom. The fourth-order valence-electron chi connectivity index (χ4n) is 3.21. The van der Waals surface area contributed by atoms with Crippen molar-refractivity contribution in [2.75, 3.05) is 33.3 Å². The van der Waals surface area contributed by atoms with Crippen molar-refractivity contribution in [1.29, 1.82) is 0 Å². The number of hydrogen-bond acceptors (Lipinski definition) is 5. The Bertz CT molecular complexity index is 919. The normalized spacial score (nSPS) is 16.2. The smallest absolute Gasteiger partial charge is 0.337 e. The molecule has 27 heavy (non-hydrogen) atoms. The zero-order chi connectivity index (χ0) is 19.4. The third-order valence-corrected chi connectivity index (χ3v) is 6.77. The molecule has 0 bridgehead atoms. The summed E-state index contributed by atoms with van der Waals surface area (Å²) in [5, 5.41) is 0. The van der Waals surface area contributed by atoms with Crippen molar-refractivity contribution in [2.24, 2.45) is 0 Å². The van der Waals surface area contributed by atoms with Gasteiger partial charge in [-0.05, 0) is 36.2 Å². The number of carbonyl (C=O) groups is 1. The van der Waals surface area contributed by atoms with Crippen molar-refractivity contribution < 1.29 is 17.9 Å². The summed E-state index contributed by atoms with van der Waals surface area (Å²) in [5.74, 6) is -0.546. The van der Waals surface area contributed by atoms with E-state index in [2.05, 4.69) is 28.7 Å². The van der Waals surface area contributed by atoms with Gasteiger partial charge in [0.2, 0.25) is 10.0 Å². The molecule has 0 N–H and O–H groups in total. The Morgan fingerprint density at radius 3 is 2.41 bits per heavy atom. The zero-order valence-electron chi connectivity index (χ0n) is 15.6. The molecule has 144 valence electrons. The van der Waals surface area contributed by atoms with Gasteiger partial charge in [0.15, 0.2) is 0 Å². The molecule has 6 nitrogen and oxygen atoms in total. The molecule has 0 atom stereocenters. The maximum Gasteiger partial charge on any atom is 0.337 e. The van der Waals surface area contributed by atoms with Crippen LogP contribution in [0.5, 0.6) is 0 Å². The second kappa shape index (κ2) is 8.21. The fourth-order valence-corrected chi connectivity index (χ4v) is 4.68. The summed E-state index contributed by atoms with van der Waals surface area (Å²) < 4.78 is 32.0. The summed E-state index contributed by atoms with van der Waals surface area (Å²) in [6, 6.07) is 14.2. The van der Waals surface area contributed by atoms with Gasteiger partial charge in [0.05, 0.1) is 17.6 Å². The highest BCUT2D eigenvalue weighted by atomic mass is 32.2. The van der Waals surface area contributed by atoms with E-state index in [1.165, 1.54) is 34.7 Å². The van der Waals surface area contributed by atoms with Gasteiger partial charge in [-0.3, -0.25) is 4.90 Å². The van der Waals surface area contributed by atoms with Crippen LogP contribution >= 0.6 is 0 Å². The van der Waals surface area contributed by atoms with Gasteiger partial charge in [-0.25, -0.2) is 13.2 Å². The van der Waals surface area contributed by atoms with Crippen molar-refractivity contribution in [2.45, 2.75) is 18.4 Å². The molecule has 2 aromatic rings. The minimum atomic E-state index is -3.63. The Hall–Kier alpha value is -2.22. The molecule has 0 aromatic heterocycles. The van der Waals surface area contributed by atoms with Crippen LogP contribution in [-0.2, 0) is 21.3 Å². The molecule has 0 spiro atoms. The van der Waals surface area contributed by atoms with Gasteiger partial charge < -0.3 is 4.74 Å². The van der Waals surface area contributed by atoms with E-state index in [1.54, 1.807) is 12.1 Å². The standard InChI is InChI=1S/C20H24N2O4S/c1-16-6-3-4-7-18(16)15-21-10-12-22(13-11-21)27(24,25)19-9-5-8-17(14-19)20(23)26-2/h3-9,14H,10-13,15H2,1-2H3. The molecule has 0 radical (unpaired) electrons. The number of hydrogen-bond donors (Lipinski definition) is 0. The van der Waals surface area contributed by atoms with E-state index in [0.717, 1.165) is 6.54 Å². The minimum Gasteiger partial charge on any atom is -0.465 e. The maximum atomic E-state index is 12.9. The van der Waals surface area contributed by atoms with E-state index in [0.29, 0.717) is 26.2 Å². The van der Waals surface area contributed by atoms with Crippen molar-refractivity contribution >= 4 is 16.0 Å². The summed E-state index contributed by atoms with van der Waals surface area (Å²) in [4.78, 5) is 14.1. The quantitative estimate of drug-likeness (QED) is 0.735. The first-order chi connectivity index (χ1) is 12.9. The molecule has 0 unspecified atom stereocenters. The van der Waals surface area contributed by atoms with Gasteiger partial charge in [0.25, 0.3) is 0 Å². The fraction of sp³-hybridized carbons (Fsp3) is 0.350. The third-order valence-electron chi connectivity index (χ3n) is 4.88. The molecule has 0 aliphatic carbocycles. The van der Waals surface area contributed by atoms with E-state index in [-0.39, 0.29) is 10.5 Å². The van der Waals surface area contributed by atoms with Gasteiger partial charge in [0, 0.05) is 32.7 Å². The number of piperazine rings is 1. The average molecular weight is 388 g/mol. The molecule has 1 fully saturated rings. The maximum absolute atomic E-state index is 12.9. The summed E-state index contributed by atoms with van der Waals surface area (Å²) in [6.45, 7) is 5.10. The lowest BCUT2D eigenvalue weighted by Gasteiger charge is -2.34. The molecule has 1 aliphatic rings. The minimum absolute atomic E-state index is 0.123. The van der Waals surface area contributed by atoms with E-state index in [4.69, 9.17) is 0 Å². The van der Waals surface area contributed by atoms with Crippen LogP contribution in [0.4, 0.5) is 0 Å². The number of aryl methyl sites for hydroxylation is 1.